The summed E-state index contributed by atoms with van der Waals surface area (Å²) in [5.41, 5.74) is -0.590. The molecule has 1 aromatic rings. The Morgan fingerprint density at radius 2 is 1.29 bits per heavy atom. The highest BCUT2D eigenvalue weighted by molar-refractivity contribution is 5.84. The number of aliphatic carboxylic acids is 1. The van der Waals surface area contributed by atoms with Crippen molar-refractivity contribution in [1.82, 2.24) is 0 Å². The minimum Gasteiger partial charge on any atom is -0.503 e. The summed E-state index contributed by atoms with van der Waals surface area (Å²) in [6.45, 7) is 1.21. The molecule has 1 rings (SSSR count). The molecule has 1 unspecified atom stereocenters. The lowest BCUT2D eigenvalue weighted by molar-refractivity contribution is -0.137. The summed E-state index contributed by atoms with van der Waals surface area (Å²) in [6, 6.07) is -1.20. The van der Waals surface area contributed by atoms with E-state index in [1.165, 1.54) is 6.92 Å². The van der Waals surface area contributed by atoms with Crippen molar-refractivity contribution in [3.8, 4) is 28.7 Å². The number of phenolic OH excluding ortho intramolecular Hbond substituents is 5. The van der Waals surface area contributed by atoms with Crippen LogP contribution in [0.15, 0.2) is 0 Å². The maximum atomic E-state index is 10.6. The summed E-state index contributed by atoms with van der Waals surface area (Å²) >= 11 is 0. The van der Waals surface area contributed by atoms with Crippen molar-refractivity contribution >= 4 is 11.7 Å². The van der Waals surface area contributed by atoms with E-state index in [4.69, 9.17) is 10.2 Å². The molecule has 1 aromatic carbocycles. The fourth-order valence-electron chi connectivity index (χ4n) is 1.10. The molecule has 7 N–H and O–H groups in total. The SMILES string of the molecule is CC(Nc1c(O)c(O)c(O)c(O)c1O)C(=O)O. The minimum atomic E-state index is -1.28. The van der Waals surface area contributed by atoms with Gasteiger partial charge in [0.2, 0.25) is 17.2 Å². The van der Waals surface area contributed by atoms with Gasteiger partial charge in [-0.25, -0.2) is 0 Å². The Morgan fingerprint density at radius 1 is 0.941 bits per heavy atom. The van der Waals surface area contributed by atoms with Gasteiger partial charge in [0.1, 0.15) is 11.7 Å². The van der Waals surface area contributed by atoms with E-state index >= 15 is 0 Å². The van der Waals surface area contributed by atoms with Crippen LogP contribution in [-0.4, -0.2) is 42.7 Å². The summed E-state index contributed by atoms with van der Waals surface area (Å²) in [4.78, 5) is 10.6. The first-order valence-corrected chi connectivity index (χ1v) is 4.45. The van der Waals surface area contributed by atoms with Crippen LogP contribution in [0.2, 0.25) is 0 Å². The highest BCUT2D eigenvalue weighted by atomic mass is 16.4. The number of benzene rings is 1. The standard InChI is InChI=1S/C9H11NO7/c1-2(9(16)17)10-3-4(11)6(13)8(15)7(14)5(3)12/h2,10-15H,1H3,(H,16,17). The average molecular weight is 245 g/mol. The summed E-state index contributed by atoms with van der Waals surface area (Å²) in [5, 5.41) is 57.0. The first-order chi connectivity index (χ1) is 7.77. The van der Waals surface area contributed by atoms with Gasteiger partial charge in [0.25, 0.3) is 0 Å². The predicted octanol–water partition coefficient (Wildman–Crippen LogP) is 0.0996. The number of anilines is 1. The molecule has 0 saturated carbocycles. The highest BCUT2D eigenvalue weighted by Gasteiger charge is 2.25. The van der Waals surface area contributed by atoms with Crippen molar-refractivity contribution in [3.63, 3.8) is 0 Å². The number of hydrogen-bond donors (Lipinski definition) is 7. The van der Waals surface area contributed by atoms with Crippen LogP contribution in [0.3, 0.4) is 0 Å². The Labute approximate surface area is 95.0 Å². The lowest BCUT2D eigenvalue weighted by Gasteiger charge is -2.16. The third-order valence-electron chi connectivity index (χ3n) is 2.10. The Balaban J connectivity index is 3.30. The smallest absolute Gasteiger partial charge is 0.325 e. The zero-order valence-corrected chi connectivity index (χ0v) is 8.67. The summed E-state index contributed by atoms with van der Waals surface area (Å²) in [7, 11) is 0. The molecule has 0 bridgehead atoms. The van der Waals surface area contributed by atoms with E-state index in [0.29, 0.717) is 0 Å². The fourth-order valence-corrected chi connectivity index (χ4v) is 1.10. The van der Waals surface area contributed by atoms with Crippen LogP contribution in [0.4, 0.5) is 5.69 Å². The molecule has 0 saturated heterocycles. The first kappa shape index (κ1) is 12.6. The largest absolute Gasteiger partial charge is 0.503 e. The monoisotopic (exact) mass is 245 g/mol. The molecular formula is C9H11NO7. The van der Waals surface area contributed by atoms with Gasteiger partial charge in [0.15, 0.2) is 11.5 Å². The summed E-state index contributed by atoms with van der Waals surface area (Å²) in [5.74, 6) is -6.46. The van der Waals surface area contributed by atoms with Crippen LogP contribution in [0.5, 0.6) is 28.7 Å². The predicted molar refractivity (Wildman–Crippen MR) is 55.5 cm³/mol. The molecule has 8 nitrogen and oxygen atoms in total. The molecule has 0 radical (unpaired) electrons. The third-order valence-corrected chi connectivity index (χ3v) is 2.10. The van der Waals surface area contributed by atoms with E-state index in [2.05, 4.69) is 5.32 Å². The van der Waals surface area contributed by atoms with Crippen molar-refractivity contribution in [3.05, 3.63) is 0 Å². The maximum Gasteiger partial charge on any atom is 0.325 e. The van der Waals surface area contributed by atoms with Crippen molar-refractivity contribution in [2.45, 2.75) is 13.0 Å². The molecule has 0 aliphatic heterocycles. The number of phenols is 5. The van der Waals surface area contributed by atoms with Gasteiger partial charge in [-0.05, 0) is 6.92 Å². The lowest BCUT2D eigenvalue weighted by Crippen LogP contribution is -2.25. The summed E-state index contributed by atoms with van der Waals surface area (Å²) in [6.07, 6.45) is 0. The van der Waals surface area contributed by atoms with Crippen LogP contribution in [-0.2, 0) is 4.79 Å². The molecule has 0 amide bonds. The van der Waals surface area contributed by atoms with Crippen molar-refractivity contribution < 1.29 is 35.4 Å². The van der Waals surface area contributed by atoms with Crippen molar-refractivity contribution in [2.24, 2.45) is 0 Å². The zero-order valence-electron chi connectivity index (χ0n) is 8.67. The molecule has 8 heteroatoms. The molecule has 0 aliphatic rings. The number of carboxylic acid groups (broad SMARTS) is 1. The van der Waals surface area contributed by atoms with Crippen LogP contribution < -0.4 is 5.32 Å². The third kappa shape index (κ3) is 2.05. The number of nitrogens with one attached hydrogen (secondary N) is 1. The van der Waals surface area contributed by atoms with E-state index in [1.54, 1.807) is 0 Å². The maximum absolute atomic E-state index is 10.6. The van der Waals surface area contributed by atoms with Gasteiger partial charge in [-0.15, -0.1) is 0 Å². The van der Waals surface area contributed by atoms with Crippen molar-refractivity contribution in [2.75, 3.05) is 5.32 Å². The van der Waals surface area contributed by atoms with E-state index in [1.807, 2.05) is 0 Å². The fraction of sp³-hybridized carbons (Fsp3) is 0.222. The molecule has 0 aromatic heterocycles. The van der Waals surface area contributed by atoms with Gasteiger partial charge in [0, 0.05) is 0 Å². The van der Waals surface area contributed by atoms with E-state index < -0.39 is 46.4 Å². The van der Waals surface area contributed by atoms with Crippen molar-refractivity contribution in [1.29, 1.82) is 0 Å². The number of carboxylic acids is 1. The molecule has 94 valence electrons. The number of carbonyl (C=O) groups is 1. The topological polar surface area (TPSA) is 150 Å². The number of aromatic hydroxyl groups is 5. The van der Waals surface area contributed by atoms with Crippen LogP contribution in [0.1, 0.15) is 6.92 Å². The zero-order chi connectivity index (χ0) is 13.3. The van der Waals surface area contributed by atoms with E-state index in [0.717, 1.165) is 0 Å². The average Bonchev–Trinajstić information content (AvgIpc) is 2.29. The summed E-state index contributed by atoms with van der Waals surface area (Å²) < 4.78 is 0. The normalized spacial score (nSPS) is 12.1. The van der Waals surface area contributed by atoms with Gasteiger partial charge in [-0.2, -0.15) is 0 Å². The second-order valence-electron chi connectivity index (χ2n) is 3.32. The van der Waals surface area contributed by atoms with Gasteiger partial charge < -0.3 is 36.0 Å². The molecule has 0 fully saturated rings. The molecular weight excluding hydrogens is 234 g/mol. The Hall–Kier alpha value is -2.51. The highest BCUT2D eigenvalue weighted by Crippen LogP contribution is 2.53. The molecule has 0 heterocycles. The molecule has 1 atom stereocenters. The quantitative estimate of drug-likeness (QED) is 0.292. The van der Waals surface area contributed by atoms with E-state index in [9.17, 15) is 25.2 Å². The van der Waals surface area contributed by atoms with Crippen LogP contribution in [0.25, 0.3) is 0 Å². The Bertz CT molecular complexity index is 442. The van der Waals surface area contributed by atoms with Gasteiger partial charge in [0.05, 0.1) is 0 Å². The number of hydrogen-bond acceptors (Lipinski definition) is 7. The lowest BCUT2D eigenvalue weighted by atomic mass is 10.2. The van der Waals surface area contributed by atoms with Gasteiger partial charge >= 0.3 is 5.97 Å². The van der Waals surface area contributed by atoms with Gasteiger partial charge in [-0.3, -0.25) is 4.79 Å². The molecule has 17 heavy (non-hydrogen) atoms. The van der Waals surface area contributed by atoms with Gasteiger partial charge in [-0.1, -0.05) is 0 Å². The Kier molecular flexibility index (Phi) is 3.07. The first-order valence-electron chi connectivity index (χ1n) is 4.45. The van der Waals surface area contributed by atoms with Crippen LogP contribution in [0, 0.1) is 0 Å². The minimum absolute atomic E-state index is 0.590. The van der Waals surface area contributed by atoms with Crippen LogP contribution >= 0.6 is 0 Å². The Morgan fingerprint density at radius 3 is 1.65 bits per heavy atom. The number of rotatable bonds is 3. The molecule has 0 aliphatic carbocycles. The second-order valence-corrected chi connectivity index (χ2v) is 3.32. The second kappa shape index (κ2) is 4.16. The van der Waals surface area contributed by atoms with E-state index in [-0.39, 0.29) is 0 Å². The molecule has 0 spiro atoms.